The Bertz CT molecular complexity index is 728. The number of hydrogen-bond donors (Lipinski definition) is 2. The highest BCUT2D eigenvalue weighted by Gasteiger charge is 2.23. The summed E-state index contributed by atoms with van der Waals surface area (Å²) in [4.78, 5) is 24.6. The summed E-state index contributed by atoms with van der Waals surface area (Å²) in [7, 11) is 0. The maximum absolute atomic E-state index is 12.0. The molecule has 3 rings (SSSR count). The molecule has 1 aliphatic carbocycles. The number of anilines is 1. The van der Waals surface area contributed by atoms with E-state index in [1.807, 2.05) is 12.1 Å². The lowest BCUT2D eigenvalue weighted by Crippen LogP contribution is -2.29. The Hall–Kier alpha value is -1.99. The van der Waals surface area contributed by atoms with Crippen LogP contribution in [0, 0.1) is 0 Å². The zero-order valence-corrected chi connectivity index (χ0v) is 14.4. The van der Waals surface area contributed by atoms with E-state index in [9.17, 15) is 9.59 Å². The third-order valence-corrected chi connectivity index (χ3v) is 4.61. The summed E-state index contributed by atoms with van der Waals surface area (Å²) in [6.45, 7) is 0.159. The van der Waals surface area contributed by atoms with E-state index < -0.39 is 0 Å². The van der Waals surface area contributed by atoms with Crippen LogP contribution >= 0.6 is 23.4 Å². The van der Waals surface area contributed by atoms with Gasteiger partial charge in [0.2, 0.25) is 11.8 Å². The number of thioether (sulfide) groups is 1. The second-order valence-electron chi connectivity index (χ2n) is 5.56. The highest BCUT2D eigenvalue weighted by Crippen LogP contribution is 2.20. The van der Waals surface area contributed by atoms with Gasteiger partial charge in [-0.05, 0) is 37.1 Å². The topological polar surface area (TPSA) is 76.0 Å². The van der Waals surface area contributed by atoms with Crippen molar-refractivity contribution in [2.24, 2.45) is 0 Å². The molecular formula is C16H17ClN4O2S. The third-order valence-electron chi connectivity index (χ3n) is 3.35. The molecule has 1 heterocycles. The molecule has 0 bridgehead atoms. The minimum absolute atomic E-state index is 0.0585. The number of benzene rings is 1. The standard InChI is InChI=1S/C16H17ClN4O2S/c17-11-1-5-14(6-2-11)24-10-16(23)20-13-7-18-21(8-13)9-15(22)19-12-3-4-12/h1-2,5-8,12H,3-4,9-10H2,(H,19,22)(H,20,23). The van der Waals surface area contributed by atoms with Crippen LogP contribution in [0.25, 0.3) is 0 Å². The molecule has 1 fully saturated rings. The molecule has 0 radical (unpaired) electrons. The third kappa shape index (κ3) is 5.28. The van der Waals surface area contributed by atoms with Gasteiger partial charge in [0.1, 0.15) is 6.54 Å². The zero-order chi connectivity index (χ0) is 16.9. The van der Waals surface area contributed by atoms with E-state index in [-0.39, 0.29) is 24.1 Å². The molecule has 0 aliphatic heterocycles. The Morgan fingerprint density at radius 1 is 1.25 bits per heavy atom. The number of amides is 2. The van der Waals surface area contributed by atoms with Gasteiger partial charge < -0.3 is 10.6 Å². The molecule has 2 aromatic rings. The monoisotopic (exact) mass is 364 g/mol. The fourth-order valence-corrected chi connectivity index (χ4v) is 2.86. The first-order valence-electron chi connectivity index (χ1n) is 7.58. The zero-order valence-electron chi connectivity index (χ0n) is 12.9. The molecule has 6 nitrogen and oxygen atoms in total. The average Bonchev–Trinajstić information content (AvgIpc) is 3.25. The molecule has 1 saturated carbocycles. The second-order valence-corrected chi connectivity index (χ2v) is 7.04. The van der Waals surface area contributed by atoms with E-state index in [1.54, 1.807) is 18.3 Å². The quantitative estimate of drug-likeness (QED) is 0.740. The van der Waals surface area contributed by atoms with Gasteiger partial charge in [-0.2, -0.15) is 5.10 Å². The highest BCUT2D eigenvalue weighted by atomic mass is 35.5. The van der Waals surface area contributed by atoms with Gasteiger partial charge in [0, 0.05) is 22.2 Å². The maximum Gasteiger partial charge on any atom is 0.241 e. The van der Waals surface area contributed by atoms with Crippen molar-refractivity contribution in [3.8, 4) is 0 Å². The maximum atomic E-state index is 12.0. The summed E-state index contributed by atoms with van der Waals surface area (Å²) in [6.07, 6.45) is 5.29. The Morgan fingerprint density at radius 3 is 2.71 bits per heavy atom. The van der Waals surface area contributed by atoms with E-state index in [2.05, 4.69) is 15.7 Å². The Kier molecular flexibility index (Phi) is 5.42. The summed E-state index contributed by atoms with van der Waals surface area (Å²) in [6, 6.07) is 7.65. The van der Waals surface area contributed by atoms with Crippen LogP contribution < -0.4 is 10.6 Å². The second kappa shape index (κ2) is 7.72. The highest BCUT2D eigenvalue weighted by molar-refractivity contribution is 8.00. The minimum atomic E-state index is -0.128. The van der Waals surface area contributed by atoms with Gasteiger partial charge in [-0.15, -0.1) is 11.8 Å². The van der Waals surface area contributed by atoms with Crippen LogP contribution in [-0.2, 0) is 16.1 Å². The number of carbonyl (C=O) groups excluding carboxylic acids is 2. The van der Waals surface area contributed by atoms with Crippen LogP contribution in [0.3, 0.4) is 0 Å². The SMILES string of the molecule is O=C(CSc1ccc(Cl)cc1)Nc1cnn(CC(=O)NC2CC2)c1. The van der Waals surface area contributed by atoms with Crippen molar-refractivity contribution in [1.29, 1.82) is 0 Å². The summed E-state index contributed by atoms with van der Waals surface area (Å²) < 4.78 is 1.51. The number of hydrogen-bond acceptors (Lipinski definition) is 4. The summed E-state index contributed by atoms with van der Waals surface area (Å²) in [5.41, 5.74) is 0.580. The first kappa shape index (κ1) is 16.9. The summed E-state index contributed by atoms with van der Waals surface area (Å²) in [5.74, 6) is 0.100. The Labute approximate surface area is 148 Å². The van der Waals surface area contributed by atoms with E-state index in [1.165, 1.54) is 22.6 Å². The first-order chi connectivity index (χ1) is 11.6. The van der Waals surface area contributed by atoms with Gasteiger partial charge in [-0.1, -0.05) is 11.6 Å². The predicted molar refractivity (Wildman–Crippen MR) is 94.2 cm³/mol. The normalized spacial score (nSPS) is 13.5. The number of nitrogens with one attached hydrogen (secondary N) is 2. The van der Waals surface area contributed by atoms with Gasteiger partial charge in [-0.3, -0.25) is 14.3 Å². The van der Waals surface area contributed by atoms with E-state index in [4.69, 9.17) is 11.6 Å². The molecule has 1 aliphatic rings. The summed E-state index contributed by atoms with van der Waals surface area (Å²) >= 11 is 7.25. The number of halogens is 1. The van der Waals surface area contributed by atoms with Crippen LogP contribution in [0.5, 0.6) is 0 Å². The summed E-state index contributed by atoms with van der Waals surface area (Å²) in [5, 5.41) is 10.4. The van der Waals surface area contributed by atoms with Crippen molar-refractivity contribution in [3.63, 3.8) is 0 Å². The van der Waals surface area contributed by atoms with Crippen molar-refractivity contribution in [2.45, 2.75) is 30.3 Å². The van der Waals surface area contributed by atoms with Gasteiger partial charge in [0.15, 0.2) is 0 Å². The molecule has 1 aromatic carbocycles. The Balaban J connectivity index is 1.44. The molecule has 8 heteroatoms. The molecular weight excluding hydrogens is 348 g/mol. The van der Waals surface area contributed by atoms with Crippen LogP contribution in [0.2, 0.25) is 5.02 Å². The van der Waals surface area contributed by atoms with Crippen LogP contribution in [0.15, 0.2) is 41.6 Å². The Morgan fingerprint density at radius 2 is 2.00 bits per heavy atom. The number of nitrogens with zero attached hydrogens (tertiary/aromatic N) is 2. The van der Waals surface area contributed by atoms with E-state index in [0.29, 0.717) is 16.8 Å². The number of aromatic nitrogens is 2. The van der Waals surface area contributed by atoms with Crippen LogP contribution in [0.1, 0.15) is 12.8 Å². The van der Waals surface area contributed by atoms with Gasteiger partial charge in [-0.25, -0.2) is 0 Å². The number of rotatable bonds is 7. The lowest BCUT2D eigenvalue weighted by Gasteiger charge is -2.04. The molecule has 2 N–H and O–H groups in total. The van der Waals surface area contributed by atoms with Crippen molar-refractivity contribution < 1.29 is 9.59 Å². The largest absolute Gasteiger partial charge is 0.352 e. The van der Waals surface area contributed by atoms with Gasteiger partial charge >= 0.3 is 0 Å². The van der Waals surface area contributed by atoms with Crippen molar-refractivity contribution >= 4 is 40.9 Å². The molecule has 0 saturated heterocycles. The molecule has 1 aromatic heterocycles. The van der Waals surface area contributed by atoms with Crippen LogP contribution in [0.4, 0.5) is 5.69 Å². The van der Waals surface area contributed by atoms with E-state index >= 15 is 0 Å². The predicted octanol–water partition coefficient (Wildman–Crippen LogP) is 2.55. The van der Waals surface area contributed by atoms with E-state index in [0.717, 1.165) is 17.7 Å². The minimum Gasteiger partial charge on any atom is -0.352 e. The molecule has 0 spiro atoms. The molecule has 126 valence electrons. The lowest BCUT2D eigenvalue weighted by molar-refractivity contribution is -0.122. The fraction of sp³-hybridized carbons (Fsp3) is 0.312. The first-order valence-corrected chi connectivity index (χ1v) is 8.95. The molecule has 24 heavy (non-hydrogen) atoms. The molecule has 0 unspecified atom stereocenters. The fourth-order valence-electron chi connectivity index (χ4n) is 2.04. The van der Waals surface area contributed by atoms with Crippen molar-refractivity contribution in [3.05, 3.63) is 41.7 Å². The molecule has 0 atom stereocenters. The number of carbonyl (C=O) groups is 2. The van der Waals surface area contributed by atoms with Crippen LogP contribution in [-0.4, -0.2) is 33.4 Å². The smallest absolute Gasteiger partial charge is 0.241 e. The van der Waals surface area contributed by atoms with Crippen molar-refractivity contribution in [2.75, 3.05) is 11.1 Å². The van der Waals surface area contributed by atoms with Gasteiger partial charge in [0.25, 0.3) is 0 Å². The van der Waals surface area contributed by atoms with Gasteiger partial charge in [0.05, 0.1) is 17.6 Å². The molecule has 2 amide bonds. The lowest BCUT2D eigenvalue weighted by atomic mass is 10.4. The average molecular weight is 365 g/mol. The van der Waals surface area contributed by atoms with Crippen molar-refractivity contribution in [1.82, 2.24) is 15.1 Å².